The highest BCUT2D eigenvalue weighted by atomic mass is 32.2. The number of nitrogens with one attached hydrogen (secondary N) is 1. The Morgan fingerprint density at radius 1 is 1.43 bits per heavy atom. The molecular formula is C13H19F2N3O2S. The quantitative estimate of drug-likeness (QED) is 0.865. The molecular weight excluding hydrogens is 300 g/mol. The van der Waals surface area contributed by atoms with Gasteiger partial charge < -0.3 is 4.90 Å². The minimum absolute atomic E-state index is 0.104. The van der Waals surface area contributed by atoms with Crippen LogP contribution in [0.5, 0.6) is 0 Å². The van der Waals surface area contributed by atoms with Crippen molar-refractivity contribution in [3.8, 4) is 0 Å². The molecule has 1 aliphatic rings. The molecule has 5 nitrogen and oxygen atoms in total. The summed E-state index contributed by atoms with van der Waals surface area (Å²) in [4.78, 5) is 5.97. The van der Waals surface area contributed by atoms with Crippen LogP contribution in [0.2, 0.25) is 0 Å². The van der Waals surface area contributed by atoms with Crippen LogP contribution in [0, 0.1) is 5.92 Å². The monoisotopic (exact) mass is 319 g/mol. The predicted molar refractivity (Wildman–Crippen MR) is 76.9 cm³/mol. The number of aromatic nitrogens is 1. The molecule has 0 amide bonds. The molecule has 118 valence electrons. The van der Waals surface area contributed by atoms with Crippen molar-refractivity contribution in [2.24, 2.45) is 5.92 Å². The molecule has 1 aromatic rings. The lowest BCUT2D eigenvalue weighted by molar-refractivity contribution is -0.103. The molecule has 1 N–H and O–H groups in total. The van der Waals surface area contributed by atoms with Gasteiger partial charge in [-0.2, -0.15) is 0 Å². The van der Waals surface area contributed by atoms with Crippen LogP contribution in [-0.2, 0) is 16.6 Å². The van der Waals surface area contributed by atoms with E-state index in [1.54, 1.807) is 23.2 Å². The lowest BCUT2D eigenvalue weighted by atomic mass is 9.83. The van der Waals surface area contributed by atoms with Gasteiger partial charge in [-0.15, -0.1) is 0 Å². The first-order chi connectivity index (χ1) is 9.69. The number of rotatable bonds is 6. The van der Waals surface area contributed by atoms with E-state index in [1.807, 2.05) is 14.1 Å². The van der Waals surface area contributed by atoms with Crippen LogP contribution in [0.25, 0.3) is 0 Å². The van der Waals surface area contributed by atoms with Crippen molar-refractivity contribution < 1.29 is 17.2 Å². The van der Waals surface area contributed by atoms with Gasteiger partial charge in [0.15, 0.2) is 0 Å². The fraction of sp³-hybridized carbons (Fsp3) is 0.615. The number of nitrogens with zero attached hydrogens (tertiary/aromatic N) is 2. The summed E-state index contributed by atoms with van der Waals surface area (Å²) in [6.45, 7) is 0.104. The van der Waals surface area contributed by atoms with E-state index in [4.69, 9.17) is 0 Å². The highest BCUT2D eigenvalue weighted by molar-refractivity contribution is 7.89. The van der Waals surface area contributed by atoms with Gasteiger partial charge >= 0.3 is 0 Å². The Morgan fingerprint density at radius 3 is 2.67 bits per heavy atom. The Labute approximate surface area is 123 Å². The van der Waals surface area contributed by atoms with E-state index in [-0.39, 0.29) is 25.1 Å². The van der Waals surface area contributed by atoms with Crippen molar-refractivity contribution in [3.63, 3.8) is 0 Å². The number of hydrogen-bond donors (Lipinski definition) is 1. The highest BCUT2D eigenvalue weighted by Crippen LogP contribution is 2.42. The van der Waals surface area contributed by atoms with Gasteiger partial charge in [-0.1, -0.05) is 6.07 Å². The number of sulfonamides is 1. The molecule has 0 saturated heterocycles. The molecule has 0 spiro atoms. The summed E-state index contributed by atoms with van der Waals surface area (Å²) in [5.74, 6) is -2.72. The normalized spacial score (nSPS) is 18.3. The SMILES string of the molecule is CN(C)c1ncccc1CNS(=O)(=O)CC1CC(F)(F)C1. The molecule has 21 heavy (non-hydrogen) atoms. The summed E-state index contributed by atoms with van der Waals surface area (Å²) < 4.78 is 51.7. The summed E-state index contributed by atoms with van der Waals surface area (Å²) in [6.07, 6.45) is 0.942. The average molecular weight is 319 g/mol. The zero-order valence-electron chi connectivity index (χ0n) is 12.0. The summed E-state index contributed by atoms with van der Waals surface area (Å²) in [5, 5.41) is 0. The molecule has 0 atom stereocenters. The Balaban J connectivity index is 1.93. The number of pyridine rings is 1. The first kappa shape index (κ1) is 16.1. The molecule has 0 aromatic carbocycles. The topological polar surface area (TPSA) is 62.3 Å². The zero-order valence-corrected chi connectivity index (χ0v) is 12.8. The molecule has 1 aliphatic carbocycles. The van der Waals surface area contributed by atoms with Gasteiger partial charge in [0.2, 0.25) is 15.9 Å². The van der Waals surface area contributed by atoms with Crippen LogP contribution < -0.4 is 9.62 Å². The van der Waals surface area contributed by atoms with Gasteiger partial charge in [0.25, 0.3) is 0 Å². The van der Waals surface area contributed by atoms with Gasteiger partial charge in [0.1, 0.15) is 5.82 Å². The van der Waals surface area contributed by atoms with Crippen molar-refractivity contribution in [1.29, 1.82) is 0 Å². The van der Waals surface area contributed by atoms with Crippen LogP contribution in [0.15, 0.2) is 18.3 Å². The van der Waals surface area contributed by atoms with E-state index in [0.717, 1.165) is 5.56 Å². The molecule has 0 aliphatic heterocycles. The molecule has 0 unspecified atom stereocenters. The van der Waals surface area contributed by atoms with E-state index in [1.165, 1.54) is 0 Å². The van der Waals surface area contributed by atoms with E-state index in [0.29, 0.717) is 5.82 Å². The van der Waals surface area contributed by atoms with Gasteiger partial charge in [-0.3, -0.25) is 0 Å². The van der Waals surface area contributed by atoms with Crippen LogP contribution in [0.4, 0.5) is 14.6 Å². The van der Waals surface area contributed by atoms with Crippen LogP contribution in [0.1, 0.15) is 18.4 Å². The van der Waals surface area contributed by atoms with E-state index < -0.39 is 21.9 Å². The Hall–Kier alpha value is -1.28. The van der Waals surface area contributed by atoms with Crippen molar-refractivity contribution in [1.82, 2.24) is 9.71 Å². The highest BCUT2D eigenvalue weighted by Gasteiger charge is 2.46. The van der Waals surface area contributed by atoms with E-state index in [2.05, 4.69) is 9.71 Å². The number of halogens is 2. The summed E-state index contributed by atoms with van der Waals surface area (Å²) >= 11 is 0. The predicted octanol–water partition coefficient (Wildman–Crippen LogP) is 1.61. The van der Waals surface area contributed by atoms with Crippen molar-refractivity contribution in [2.75, 3.05) is 24.7 Å². The lowest BCUT2D eigenvalue weighted by Crippen LogP contribution is -2.41. The first-order valence-electron chi connectivity index (χ1n) is 6.65. The van der Waals surface area contributed by atoms with Crippen molar-refractivity contribution in [2.45, 2.75) is 25.3 Å². The molecule has 0 bridgehead atoms. The standard InChI is InChI=1S/C13H19F2N3O2S/c1-18(2)12-11(4-3-5-16-12)8-17-21(19,20)9-10-6-13(14,15)7-10/h3-5,10,17H,6-9H2,1-2H3. The van der Waals surface area contributed by atoms with E-state index >= 15 is 0 Å². The van der Waals surface area contributed by atoms with Gasteiger partial charge in [0, 0.05) is 45.2 Å². The maximum Gasteiger partial charge on any atom is 0.248 e. The Bertz CT molecular complexity index is 597. The van der Waals surface area contributed by atoms with Crippen LogP contribution >= 0.6 is 0 Å². The smallest absolute Gasteiger partial charge is 0.248 e. The number of anilines is 1. The maximum absolute atomic E-state index is 12.7. The molecule has 0 radical (unpaired) electrons. The average Bonchev–Trinajstić information content (AvgIpc) is 2.34. The Kier molecular flexibility index (Phi) is 4.48. The fourth-order valence-electron chi connectivity index (χ4n) is 2.43. The van der Waals surface area contributed by atoms with Crippen LogP contribution in [0.3, 0.4) is 0 Å². The second-order valence-corrected chi connectivity index (χ2v) is 7.46. The third-order valence-electron chi connectivity index (χ3n) is 3.40. The summed E-state index contributed by atoms with van der Waals surface area (Å²) in [5.41, 5.74) is 0.741. The second-order valence-electron chi connectivity index (χ2n) is 5.61. The first-order valence-corrected chi connectivity index (χ1v) is 8.30. The van der Waals surface area contributed by atoms with E-state index in [9.17, 15) is 17.2 Å². The molecule has 1 saturated carbocycles. The third-order valence-corrected chi connectivity index (χ3v) is 4.90. The minimum atomic E-state index is -3.56. The van der Waals surface area contributed by atoms with Gasteiger partial charge in [0.05, 0.1) is 5.75 Å². The third kappa shape index (κ3) is 4.34. The van der Waals surface area contributed by atoms with Gasteiger partial charge in [-0.25, -0.2) is 26.9 Å². The molecule has 1 aromatic heterocycles. The molecule has 8 heteroatoms. The van der Waals surface area contributed by atoms with Crippen LogP contribution in [-0.4, -0.2) is 39.2 Å². The summed E-state index contributed by atoms with van der Waals surface area (Å²) in [6, 6.07) is 3.51. The number of alkyl halides is 2. The number of hydrogen-bond acceptors (Lipinski definition) is 4. The zero-order chi connectivity index (χ0) is 15.7. The summed E-state index contributed by atoms with van der Waals surface area (Å²) in [7, 11) is 0.0704. The lowest BCUT2D eigenvalue weighted by Gasteiger charge is -2.34. The molecule has 1 heterocycles. The Morgan fingerprint density at radius 2 is 2.10 bits per heavy atom. The van der Waals surface area contributed by atoms with Crippen molar-refractivity contribution >= 4 is 15.8 Å². The molecule has 2 rings (SSSR count). The maximum atomic E-state index is 12.7. The fourth-order valence-corrected chi connectivity index (χ4v) is 3.78. The molecule has 1 fully saturated rings. The van der Waals surface area contributed by atoms with Gasteiger partial charge in [-0.05, 0) is 12.0 Å². The largest absolute Gasteiger partial charge is 0.362 e. The second kappa shape index (κ2) is 5.84. The van der Waals surface area contributed by atoms with Crippen molar-refractivity contribution in [3.05, 3.63) is 23.9 Å². The minimum Gasteiger partial charge on any atom is -0.362 e.